The molecule has 1 aromatic heterocycles. The fourth-order valence-electron chi connectivity index (χ4n) is 4.11. The Morgan fingerprint density at radius 2 is 1.67 bits per heavy atom. The summed E-state index contributed by atoms with van der Waals surface area (Å²) >= 11 is 0. The summed E-state index contributed by atoms with van der Waals surface area (Å²) < 4.78 is 54.4. The predicted octanol–water partition coefficient (Wildman–Crippen LogP) is 5.77. The normalized spacial score (nSPS) is 13.0. The van der Waals surface area contributed by atoms with Gasteiger partial charge in [-0.15, -0.1) is 0 Å². The van der Waals surface area contributed by atoms with Crippen LogP contribution >= 0.6 is 0 Å². The number of anilines is 3. The third kappa shape index (κ3) is 4.28. The van der Waals surface area contributed by atoms with E-state index in [1.165, 1.54) is 35.5 Å². The molecule has 1 aliphatic heterocycles. The number of hydrogen-bond acceptors (Lipinski definition) is 4. The van der Waals surface area contributed by atoms with Gasteiger partial charge in [-0.05, 0) is 65.2 Å². The van der Waals surface area contributed by atoms with Crippen molar-refractivity contribution in [2.45, 2.75) is 12.6 Å². The van der Waals surface area contributed by atoms with Crippen molar-refractivity contribution in [3.63, 3.8) is 0 Å². The van der Waals surface area contributed by atoms with Gasteiger partial charge in [-0.3, -0.25) is 9.59 Å². The molecule has 2 heterocycles. The zero-order valence-corrected chi connectivity index (χ0v) is 18.4. The number of alkyl halides is 3. The summed E-state index contributed by atoms with van der Waals surface area (Å²) in [5.41, 5.74) is 0.352. The molecule has 0 fully saturated rings. The number of nitrogens with one attached hydrogen (secondary N) is 1. The molecule has 0 radical (unpaired) electrons. The van der Waals surface area contributed by atoms with Crippen molar-refractivity contribution in [2.24, 2.45) is 0 Å². The van der Waals surface area contributed by atoms with Crippen LogP contribution in [0.3, 0.4) is 0 Å². The lowest BCUT2D eigenvalue weighted by Gasteiger charge is -2.17. The van der Waals surface area contributed by atoms with Crippen molar-refractivity contribution in [1.29, 1.82) is 0 Å². The molecule has 1 aliphatic rings. The highest BCUT2D eigenvalue weighted by Gasteiger charge is 2.36. The zero-order chi connectivity index (χ0) is 25.4. The Hall–Kier alpha value is -4.60. The van der Waals surface area contributed by atoms with Gasteiger partial charge < -0.3 is 5.32 Å². The van der Waals surface area contributed by atoms with Gasteiger partial charge in [0.15, 0.2) is 0 Å². The first-order valence-corrected chi connectivity index (χ1v) is 10.7. The van der Waals surface area contributed by atoms with Gasteiger partial charge in [0.05, 0.1) is 23.2 Å². The van der Waals surface area contributed by atoms with Crippen LogP contribution in [0, 0.1) is 5.82 Å². The third-order valence-corrected chi connectivity index (χ3v) is 5.70. The standard InChI is InChI=1S/C26H16F4N4O2/c27-16-6-8-17(9-7-16)33-24(36)20-13-15(5-10-21(20)26(28,29)30)18-3-1-4-22-19(18)14-23(35)34(22)25-31-11-2-12-32-25/h1-13H,14H2,(H,33,36). The van der Waals surface area contributed by atoms with E-state index >= 15 is 0 Å². The average molecular weight is 492 g/mol. The summed E-state index contributed by atoms with van der Waals surface area (Å²) in [5.74, 6) is -1.65. The third-order valence-electron chi connectivity index (χ3n) is 5.70. The van der Waals surface area contributed by atoms with Gasteiger partial charge in [-0.1, -0.05) is 18.2 Å². The van der Waals surface area contributed by atoms with Crippen LogP contribution in [0.25, 0.3) is 11.1 Å². The summed E-state index contributed by atoms with van der Waals surface area (Å²) in [4.78, 5) is 35.3. The van der Waals surface area contributed by atoms with E-state index in [0.29, 0.717) is 22.4 Å². The van der Waals surface area contributed by atoms with Crippen molar-refractivity contribution >= 4 is 29.1 Å². The molecule has 6 nitrogen and oxygen atoms in total. The molecule has 4 aromatic rings. The van der Waals surface area contributed by atoms with Crippen molar-refractivity contribution in [2.75, 3.05) is 10.2 Å². The van der Waals surface area contributed by atoms with Gasteiger partial charge in [0.2, 0.25) is 11.9 Å². The first kappa shape index (κ1) is 23.2. The summed E-state index contributed by atoms with van der Waals surface area (Å²) in [6.07, 6.45) is -1.80. The fraction of sp³-hybridized carbons (Fsp3) is 0.0769. The summed E-state index contributed by atoms with van der Waals surface area (Å²) in [7, 11) is 0. The van der Waals surface area contributed by atoms with Gasteiger partial charge in [0.25, 0.3) is 5.91 Å². The number of aromatic nitrogens is 2. The van der Waals surface area contributed by atoms with Crippen molar-refractivity contribution in [3.8, 4) is 11.1 Å². The average Bonchev–Trinajstić information content (AvgIpc) is 3.20. The highest BCUT2D eigenvalue weighted by molar-refractivity contribution is 6.09. The molecule has 0 atom stereocenters. The van der Waals surface area contributed by atoms with E-state index in [4.69, 9.17) is 0 Å². The molecule has 0 unspecified atom stereocenters. The number of halogens is 4. The van der Waals surface area contributed by atoms with E-state index in [9.17, 15) is 27.2 Å². The lowest BCUT2D eigenvalue weighted by Crippen LogP contribution is -2.22. The Morgan fingerprint density at radius 1 is 0.944 bits per heavy atom. The van der Waals surface area contributed by atoms with E-state index in [1.54, 1.807) is 24.3 Å². The van der Waals surface area contributed by atoms with E-state index in [1.807, 2.05) is 0 Å². The first-order valence-electron chi connectivity index (χ1n) is 10.7. The molecular weight excluding hydrogens is 476 g/mol. The number of amides is 2. The lowest BCUT2D eigenvalue weighted by atomic mass is 9.94. The Morgan fingerprint density at radius 3 is 2.36 bits per heavy atom. The van der Waals surface area contributed by atoms with Crippen molar-refractivity contribution in [1.82, 2.24) is 9.97 Å². The number of carbonyl (C=O) groups excluding carboxylic acids is 2. The van der Waals surface area contributed by atoms with E-state index in [-0.39, 0.29) is 24.0 Å². The van der Waals surface area contributed by atoms with E-state index in [2.05, 4.69) is 15.3 Å². The Labute approximate surface area is 202 Å². The Balaban J connectivity index is 1.58. The molecule has 0 spiro atoms. The van der Waals surface area contributed by atoms with Gasteiger partial charge in [0.1, 0.15) is 5.82 Å². The van der Waals surface area contributed by atoms with Crippen LogP contribution in [0.1, 0.15) is 21.5 Å². The Bertz CT molecular complexity index is 1470. The van der Waals surface area contributed by atoms with Crippen LogP contribution in [0.4, 0.5) is 34.9 Å². The first-order chi connectivity index (χ1) is 17.2. The molecule has 0 saturated heterocycles. The minimum atomic E-state index is -4.79. The molecule has 3 aromatic carbocycles. The minimum absolute atomic E-state index is 0.0120. The summed E-state index contributed by atoms with van der Waals surface area (Å²) in [6.45, 7) is 0. The molecule has 0 saturated carbocycles. The van der Waals surface area contributed by atoms with Crippen LogP contribution in [-0.2, 0) is 17.4 Å². The maximum Gasteiger partial charge on any atom is 0.417 e. The molecule has 1 N–H and O–H groups in total. The number of hydrogen-bond donors (Lipinski definition) is 1. The number of nitrogens with zero attached hydrogens (tertiary/aromatic N) is 3. The molecule has 10 heteroatoms. The molecular formula is C26H16F4N4O2. The second-order valence-corrected chi connectivity index (χ2v) is 7.98. The van der Waals surface area contributed by atoms with Crippen LogP contribution in [-0.4, -0.2) is 21.8 Å². The summed E-state index contributed by atoms with van der Waals surface area (Å²) in [6, 6.07) is 14.6. The molecule has 180 valence electrons. The van der Waals surface area contributed by atoms with Gasteiger partial charge in [-0.2, -0.15) is 13.2 Å². The van der Waals surface area contributed by atoms with Gasteiger partial charge >= 0.3 is 6.18 Å². The van der Waals surface area contributed by atoms with Crippen molar-refractivity contribution in [3.05, 3.63) is 102 Å². The largest absolute Gasteiger partial charge is 0.417 e. The van der Waals surface area contributed by atoms with Crippen molar-refractivity contribution < 1.29 is 27.2 Å². The quantitative estimate of drug-likeness (QED) is 0.367. The van der Waals surface area contributed by atoms with Gasteiger partial charge in [0, 0.05) is 18.1 Å². The topological polar surface area (TPSA) is 75.2 Å². The molecule has 0 bridgehead atoms. The number of rotatable bonds is 4. The summed E-state index contributed by atoms with van der Waals surface area (Å²) in [5, 5.41) is 2.38. The lowest BCUT2D eigenvalue weighted by molar-refractivity contribution is -0.137. The number of fused-ring (bicyclic) bond motifs is 1. The monoisotopic (exact) mass is 492 g/mol. The second-order valence-electron chi connectivity index (χ2n) is 7.98. The SMILES string of the molecule is O=C(Nc1ccc(F)cc1)c1cc(-c2cccc3c2CC(=O)N3c2ncccn2)ccc1C(F)(F)F. The molecule has 5 rings (SSSR count). The van der Waals surface area contributed by atoms with E-state index < -0.39 is 29.0 Å². The molecule has 0 aliphatic carbocycles. The van der Waals surface area contributed by atoms with E-state index in [0.717, 1.165) is 24.3 Å². The fourth-order valence-corrected chi connectivity index (χ4v) is 4.11. The number of benzene rings is 3. The Kier molecular flexibility index (Phi) is 5.71. The maximum absolute atomic E-state index is 13.7. The van der Waals surface area contributed by atoms with Crippen LogP contribution < -0.4 is 10.2 Å². The zero-order valence-electron chi connectivity index (χ0n) is 18.4. The van der Waals surface area contributed by atoms with Crippen LogP contribution in [0.2, 0.25) is 0 Å². The van der Waals surface area contributed by atoms with Crippen LogP contribution in [0.5, 0.6) is 0 Å². The highest BCUT2D eigenvalue weighted by Crippen LogP contribution is 2.41. The van der Waals surface area contributed by atoms with Crippen LogP contribution in [0.15, 0.2) is 79.1 Å². The minimum Gasteiger partial charge on any atom is -0.322 e. The predicted molar refractivity (Wildman–Crippen MR) is 124 cm³/mol. The highest BCUT2D eigenvalue weighted by atomic mass is 19.4. The molecule has 2 amide bonds. The molecule has 36 heavy (non-hydrogen) atoms. The second kappa shape index (κ2) is 8.88. The number of carbonyl (C=O) groups is 2. The maximum atomic E-state index is 13.7. The smallest absolute Gasteiger partial charge is 0.322 e. The van der Waals surface area contributed by atoms with Gasteiger partial charge in [-0.25, -0.2) is 19.3 Å².